The van der Waals surface area contributed by atoms with Crippen molar-refractivity contribution in [1.82, 2.24) is 0 Å². The predicted molar refractivity (Wildman–Crippen MR) is 83.4 cm³/mol. The standard InChI is InChI=1S/C10H27O3Si4.Y/c1-10-17(9,11-14(2)3)13-16(7,8)12-15(4,5)6;/h10H,1H2,2-9H3;. The Labute approximate surface area is 143 Å². The summed E-state index contributed by atoms with van der Waals surface area (Å²) in [5.41, 5.74) is 1.87. The van der Waals surface area contributed by atoms with Gasteiger partial charge in [0.25, 0.3) is 0 Å². The summed E-state index contributed by atoms with van der Waals surface area (Å²) < 4.78 is 18.4. The molecule has 18 heavy (non-hydrogen) atoms. The van der Waals surface area contributed by atoms with Gasteiger partial charge in [0.1, 0.15) is 0 Å². The molecule has 0 heterocycles. The second kappa shape index (κ2) is 8.14. The SMILES string of the molecule is C=C[Si](C)(O[Si](C)C)O[Si](C)(C)O[Si](C)(C)C.[Y]. The van der Waals surface area contributed by atoms with Crippen molar-refractivity contribution in [2.45, 2.75) is 52.4 Å². The van der Waals surface area contributed by atoms with Gasteiger partial charge in [-0.25, -0.2) is 0 Å². The van der Waals surface area contributed by atoms with Gasteiger partial charge in [0.05, 0.1) is 0 Å². The summed E-state index contributed by atoms with van der Waals surface area (Å²) in [7, 11) is -6.71. The molecule has 1 atom stereocenters. The fourth-order valence-corrected chi connectivity index (χ4v) is 16.6. The molecule has 0 amide bonds. The van der Waals surface area contributed by atoms with Crippen LogP contribution >= 0.6 is 0 Å². The van der Waals surface area contributed by atoms with Crippen molar-refractivity contribution < 1.29 is 45.1 Å². The average molecular weight is 397 g/mol. The number of hydrogen-bond donors (Lipinski definition) is 0. The minimum atomic E-state index is -2.25. The van der Waals surface area contributed by atoms with Crippen LogP contribution in [0.2, 0.25) is 52.4 Å². The summed E-state index contributed by atoms with van der Waals surface area (Å²) in [5, 5.41) is 0. The zero-order valence-electron chi connectivity index (χ0n) is 13.1. The monoisotopic (exact) mass is 396 g/mol. The molecule has 3 nitrogen and oxygen atoms in total. The van der Waals surface area contributed by atoms with Gasteiger partial charge in [0, 0.05) is 32.7 Å². The first-order chi connectivity index (χ1) is 7.39. The molecule has 0 spiro atoms. The van der Waals surface area contributed by atoms with E-state index in [2.05, 4.69) is 59.0 Å². The van der Waals surface area contributed by atoms with E-state index < -0.39 is 34.5 Å². The van der Waals surface area contributed by atoms with Gasteiger partial charge in [-0.15, -0.1) is 6.58 Å². The Kier molecular flexibility index (Phi) is 9.89. The molecule has 0 aliphatic rings. The summed E-state index contributed by atoms with van der Waals surface area (Å²) in [5.74, 6) is 0. The molecule has 0 saturated heterocycles. The van der Waals surface area contributed by atoms with Crippen LogP contribution in [0.4, 0.5) is 0 Å². The predicted octanol–water partition coefficient (Wildman–Crippen LogP) is 3.62. The van der Waals surface area contributed by atoms with Crippen molar-refractivity contribution in [2.75, 3.05) is 0 Å². The van der Waals surface area contributed by atoms with Crippen molar-refractivity contribution >= 4 is 34.5 Å². The summed E-state index contributed by atoms with van der Waals surface area (Å²) in [4.78, 5) is 0. The first-order valence-corrected chi connectivity index (χ1v) is 16.9. The normalized spacial score (nSPS) is 16.1. The molecule has 1 unspecified atom stereocenters. The first kappa shape index (κ1) is 21.9. The van der Waals surface area contributed by atoms with Gasteiger partial charge in [-0.1, -0.05) is 5.70 Å². The number of hydrogen-bond acceptors (Lipinski definition) is 3. The van der Waals surface area contributed by atoms with Gasteiger partial charge < -0.3 is 12.3 Å². The second-order valence-corrected chi connectivity index (χ2v) is 19.7. The Morgan fingerprint density at radius 3 is 1.67 bits per heavy atom. The van der Waals surface area contributed by atoms with E-state index in [-0.39, 0.29) is 32.7 Å². The van der Waals surface area contributed by atoms with Crippen LogP contribution < -0.4 is 0 Å². The third-order valence-electron chi connectivity index (χ3n) is 1.78. The van der Waals surface area contributed by atoms with Crippen LogP contribution in [-0.2, 0) is 45.1 Å². The van der Waals surface area contributed by atoms with Crippen LogP contribution in [0, 0.1) is 0 Å². The maximum Gasteiger partial charge on any atom is 0.342 e. The van der Waals surface area contributed by atoms with Gasteiger partial charge in [-0.05, 0) is 52.4 Å². The van der Waals surface area contributed by atoms with E-state index in [0.717, 1.165) is 0 Å². The quantitative estimate of drug-likeness (QED) is 0.615. The largest absolute Gasteiger partial charge is 0.437 e. The second-order valence-electron chi connectivity index (χ2n) is 5.95. The van der Waals surface area contributed by atoms with Gasteiger partial charge >= 0.3 is 17.1 Å². The molecule has 8 heteroatoms. The van der Waals surface area contributed by atoms with E-state index in [0.29, 0.717) is 0 Å². The van der Waals surface area contributed by atoms with Crippen LogP contribution in [0.3, 0.4) is 0 Å². The maximum absolute atomic E-state index is 6.24. The summed E-state index contributed by atoms with van der Waals surface area (Å²) in [6.45, 7) is 20.9. The molecule has 2 radical (unpaired) electrons. The average Bonchev–Trinajstić information content (AvgIpc) is 1.95. The molecule has 0 bridgehead atoms. The third kappa shape index (κ3) is 10.4. The molecule has 0 aliphatic heterocycles. The Balaban J connectivity index is 0. The first-order valence-electron chi connectivity index (χ1n) is 5.92. The zero-order valence-corrected chi connectivity index (χ0v) is 19.9. The van der Waals surface area contributed by atoms with Crippen LogP contribution in [0.15, 0.2) is 12.3 Å². The van der Waals surface area contributed by atoms with Gasteiger partial charge in [-0.3, -0.25) is 0 Å². The summed E-state index contributed by atoms with van der Waals surface area (Å²) >= 11 is 0. The molecule has 104 valence electrons. The van der Waals surface area contributed by atoms with E-state index >= 15 is 0 Å². The molecule has 0 aromatic heterocycles. The minimum absolute atomic E-state index is 0. The Morgan fingerprint density at radius 1 is 0.944 bits per heavy atom. The molecular weight excluding hydrogens is 369 g/mol. The zero-order chi connectivity index (χ0) is 13.9. The molecule has 0 saturated carbocycles. The summed E-state index contributed by atoms with van der Waals surface area (Å²) in [6, 6.07) is 0. The van der Waals surface area contributed by atoms with E-state index in [1.807, 2.05) is 5.70 Å². The van der Waals surface area contributed by atoms with Crippen molar-refractivity contribution in [3.63, 3.8) is 0 Å². The Morgan fingerprint density at radius 2 is 1.39 bits per heavy atom. The minimum Gasteiger partial charge on any atom is -0.437 e. The van der Waals surface area contributed by atoms with Crippen molar-refractivity contribution in [3.8, 4) is 0 Å². The van der Waals surface area contributed by atoms with Gasteiger partial charge in [0.2, 0.25) is 0 Å². The number of rotatable bonds is 7. The van der Waals surface area contributed by atoms with Crippen molar-refractivity contribution in [2.24, 2.45) is 0 Å². The van der Waals surface area contributed by atoms with Crippen molar-refractivity contribution in [1.29, 1.82) is 0 Å². The molecule has 0 rings (SSSR count). The Hall–Kier alpha value is 1.59. The molecule has 0 aromatic carbocycles. The Bertz CT molecular complexity index is 268. The van der Waals surface area contributed by atoms with E-state index in [1.54, 1.807) is 0 Å². The van der Waals surface area contributed by atoms with E-state index in [9.17, 15) is 0 Å². The summed E-state index contributed by atoms with van der Waals surface area (Å²) in [6.07, 6.45) is 0. The topological polar surface area (TPSA) is 27.7 Å². The fourth-order valence-electron chi connectivity index (χ4n) is 1.76. The van der Waals surface area contributed by atoms with Crippen LogP contribution in [0.1, 0.15) is 0 Å². The molecule has 0 fully saturated rings. The van der Waals surface area contributed by atoms with Crippen LogP contribution in [-0.4, -0.2) is 34.5 Å². The van der Waals surface area contributed by atoms with Crippen LogP contribution in [0.5, 0.6) is 0 Å². The third-order valence-corrected chi connectivity index (χ3v) is 13.8. The molecular formula is C10H27O3Si4Y. The molecule has 0 N–H and O–H groups in total. The van der Waals surface area contributed by atoms with Gasteiger partial charge in [-0.2, -0.15) is 0 Å². The fraction of sp³-hybridized carbons (Fsp3) is 0.800. The molecule has 0 aliphatic carbocycles. The molecule has 0 aromatic rings. The van der Waals surface area contributed by atoms with Gasteiger partial charge in [0.15, 0.2) is 17.4 Å². The smallest absolute Gasteiger partial charge is 0.342 e. The van der Waals surface area contributed by atoms with E-state index in [4.69, 9.17) is 12.3 Å². The van der Waals surface area contributed by atoms with Crippen molar-refractivity contribution in [3.05, 3.63) is 12.3 Å². The maximum atomic E-state index is 6.24. The van der Waals surface area contributed by atoms with Crippen LogP contribution in [0.25, 0.3) is 0 Å². The van der Waals surface area contributed by atoms with E-state index in [1.165, 1.54) is 0 Å².